The Kier molecular flexibility index (Phi) is 22.8. The number of nitrogens with one attached hydrogen (secondary N) is 6. The van der Waals surface area contributed by atoms with Gasteiger partial charge in [0.25, 0.3) is 5.91 Å². The van der Waals surface area contributed by atoms with Gasteiger partial charge in [-0.25, -0.2) is 0 Å². The van der Waals surface area contributed by atoms with E-state index in [1.165, 1.54) is 26.5 Å². The fraction of sp³-hybridized carbons (Fsp3) is 0.542. The molecule has 7 atom stereocenters. The van der Waals surface area contributed by atoms with Crippen molar-refractivity contribution in [3.63, 3.8) is 0 Å². The highest BCUT2D eigenvalue weighted by molar-refractivity contribution is 8.76. The normalized spacial score (nSPS) is 19.8. The second-order valence-electron chi connectivity index (χ2n) is 18.2. The van der Waals surface area contributed by atoms with Crippen LogP contribution in [-0.2, 0) is 40.0 Å². The summed E-state index contributed by atoms with van der Waals surface area (Å²) in [7, 11) is 2.65. The summed E-state index contributed by atoms with van der Waals surface area (Å²) < 4.78 is 0. The third-order valence-electron chi connectivity index (χ3n) is 12.7. The zero-order valence-electron chi connectivity index (χ0n) is 40.4. The van der Waals surface area contributed by atoms with Crippen LogP contribution in [0.25, 0.3) is 0 Å². The Balaban J connectivity index is 1.39. The summed E-state index contributed by atoms with van der Waals surface area (Å²) >= 11 is 0. The zero-order chi connectivity index (χ0) is 52.0. The Hall–Kier alpha value is -6.56. The molecule has 2 aliphatic heterocycles. The van der Waals surface area contributed by atoms with Gasteiger partial charge in [0.15, 0.2) is 11.9 Å². The zero-order valence-corrected chi connectivity index (χ0v) is 42.1. The first-order valence-electron chi connectivity index (χ1n) is 24.5. The maximum atomic E-state index is 14.6. The average molecular weight is 1040 g/mol. The molecule has 0 radical (unpaired) electrons. The molecule has 2 saturated heterocycles. The molecule has 2 aromatic rings. The van der Waals surface area contributed by atoms with Crippen molar-refractivity contribution in [2.75, 3.05) is 31.1 Å². The molecule has 24 heteroatoms. The van der Waals surface area contributed by atoms with E-state index in [0.717, 1.165) is 32.1 Å². The molecule has 1 saturated carbocycles. The summed E-state index contributed by atoms with van der Waals surface area (Å²) in [5.74, 6) is -4.73. The minimum atomic E-state index is -1.30. The van der Waals surface area contributed by atoms with E-state index in [1.807, 2.05) is 0 Å². The highest BCUT2D eigenvalue weighted by atomic mass is 33.1. The molecule has 3 aliphatic rings. The topological polar surface area (TPSA) is 367 Å². The van der Waals surface area contributed by atoms with Gasteiger partial charge in [0, 0.05) is 43.1 Å². The van der Waals surface area contributed by atoms with E-state index in [9.17, 15) is 38.4 Å². The smallest absolute Gasteiger partial charge is 0.254 e. The predicted octanol–water partition coefficient (Wildman–Crippen LogP) is -0.599. The van der Waals surface area contributed by atoms with Crippen LogP contribution in [0.4, 0.5) is 0 Å². The Morgan fingerprint density at radius 2 is 1.21 bits per heavy atom. The SMILES string of the molecule is NC(=O)[C@@H]1CSSC[C@H](NC(=O)[C@H](CC2CCCCC2)NC(=O)[C@H](Cc2ccccc2)NC(=O)[C@@H](CCCN=C(N)N)NC(=O)[C@@H](CCCN=C(N)N)NC(=O)[C@@H]2CCCN2C(=O)c2ccccc2)C(=O)N1. The Morgan fingerprint density at radius 1 is 0.653 bits per heavy atom. The number of aliphatic imine (C=N–C) groups is 2. The van der Waals surface area contributed by atoms with Crippen LogP contribution < -0.4 is 60.6 Å². The lowest BCUT2D eigenvalue weighted by molar-refractivity contribution is -0.135. The lowest BCUT2D eigenvalue weighted by Crippen LogP contribution is -2.61. The predicted molar refractivity (Wildman–Crippen MR) is 277 cm³/mol. The third-order valence-corrected chi connectivity index (χ3v) is 15.1. The number of hydrogen-bond donors (Lipinski definition) is 11. The molecule has 22 nitrogen and oxygen atoms in total. The van der Waals surface area contributed by atoms with Crippen molar-refractivity contribution in [3.8, 4) is 0 Å². The minimum Gasteiger partial charge on any atom is -0.370 e. The number of guanidine groups is 2. The molecule has 2 heterocycles. The third kappa shape index (κ3) is 18.2. The van der Waals surface area contributed by atoms with E-state index < -0.39 is 83.6 Å². The summed E-state index contributed by atoms with van der Waals surface area (Å²) in [4.78, 5) is 120. The van der Waals surface area contributed by atoms with Gasteiger partial charge < -0.3 is 65.5 Å². The molecule has 72 heavy (non-hydrogen) atoms. The van der Waals surface area contributed by atoms with Crippen molar-refractivity contribution in [3.05, 3.63) is 71.8 Å². The van der Waals surface area contributed by atoms with E-state index in [0.29, 0.717) is 30.5 Å². The van der Waals surface area contributed by atoms with Crippen LogP contribution in [0.15, 0.2) is 70.6 Å². The number of nitrogens with zero attached hydrogens (tertiary/aromatic N) is 3. The number of nitrogens with two attached hydrogens (primary N) is 5. The van der Waals surface area contributed by atoms with Gasteiger partial charge in [0.05, 0.1) is 0 Å². The number of benzene rings is 2. The van der Waals surface area contributed by atoms with Crippen LogP contribution in [0, 0.1) is 5.92 Å². The molecule has 8 amide bonds. The molecular weight excluding hydrogens is 965 g/mol. The van der Waals surface area contributed by atoms with E-state index >= 15 is 0 Å². The summed E-state index contributed by atoms with van der Waals surface area (Å²) in [5, 5.41) is 16.8. The largest absolute Gasteiger partial charge is 0.370 e. The van der Waals surface area contributed by atoms with E-state index in [4.69, 9.17) is 28.7 Å². The molecule has 0 aromatic heterocycles. The lowest BCUT2D eigenvalue weighted by Gasteiger charge is -2.30. The van der Waals surface area contributed by atoms with Crippen LogP contribution in [-0.4, -0.2) is 138 Å². The summed E-state index contributed by atoms with van der Waals surface area (Å²) in [6.45, 7) is 0.562. The van der Waals surface area contributed by atoms with Crippen molar-refractivity contribution in [2.24, 2.45) is 44.6 Å². The molecule has 392 valence electrons. The van der Waals surface area contributed by atoms with Crippen molar-refractivity contribution in [2.45, 2.75) is 126 Å². The van der Waals surface area contributed by atoms with Gasteiger partial charge in [-0.3, -0.25) is 48.3 Å². The van der Waals surface area contributed by atoms with E-state index in [2.05, 4.69) is 41.9 Å². The molecule has 5 rings (SSSR count). The first-order chi connectivity index (χ1) is 34.6. The summed E-state index contributed by atoms with van der Waals surface area (Å²) in [6.07, 6.45) is 6.31. The number of carbonyl (C=O) groups excluding carboxylic acids is 8. The fourth-order valence-electron chi connectivity index (χ4n) is 8.86. The fourth-order valence-corrected chi connectivity index (χ4v) is 11.2. The Labute approximate surface area is 427 Å². The number of carbonyl (C=O) groups is 8. The Bertz CT molecular complexity index is 2230. The van der Waals surface area contributed by atoms with Crippen molar-refractivity contribution < 1.29 is 38.4 Å². The molecule has 0 unspecified atom stereocenters. The van der Waals surface area contributed by atoms with Gasteiger partial charge in [-0.2, -0.15) is 0 Å². The maximum absolute atomic E-state index is 14.6. The van der Waals surface area contributed by atoms with Gasteiger partial charge in [-0.1, -0.05) is 102 Å². The Morgan fingerprint density at radius 3 is 1.82 bits per heavy atom. The average Bonchev–Trinajstić information content (AvgIpc) is 3.86. The number of hydrogen-bond acceptors (Lipinski definition) is 12. The quantitative estimate of drug-likeness (QED) is 0.0271. The molecule has 3 fully saturated rings. The first-order valence-corrected chi connectivity index (χ1v) is 26.9. The van der Waals surface area contributed by atoms with Crippen LogP contribution in [0.3, 0.4) is 0 Å². The van der Waals surface area contributed by atoms with Gasteiger partial charge in [0.2, 0.25) is 41.4 Å². The minimum absolute atomic E-state index is 0.00620. The van der Waals surface area contributed by atoms with Gasteiger partial charge in [-0.15, -0.1) is 0 Å². The van der Waals surface area contributed by atoms with Crippen molar-refractivity contribution >= 4 is 80.8 Å². The molecule has 0 spiro atoms. The standard InChI is InChI=1S/C48H70N14O8S2/c49-39(63)36-27-71-72-28-37(44(68)60-36)61-43(67)35(26-30-15-6-2-7-16-30)59-42(66)34(25-29-13-4-1-5-14-29)58-41(65)32(19-10-22-54-47(50)51)56-40(64)33(20-11-23-55-48(52)53)57-45(69)38-21-12-24-62(38)46(70)31-17-8-3-9-18-31/h1,3-5,8-9,13-14,17-18,30,32-38H,2,6-7,10-12,15-16,19-28H2,(H2,49,63)(H,56,64)(H,57,69)(H,58,65)(H,59,66)(H,60,68)(H,61,67)(H4,50,51,54)(H4,52,53,55)/t32-,33-,34+,35+,36+,37+,38+/m1/s1. The molecule has 16 N–H and O–H groups in total. The number of rotatable bonds is 24. The summed E-state index contributed by atoms with van der Waals surface area (Å²) in [6, 6.07) is 9.75. The van der Waals surface area contributed by atoms with Gasteiger partial charge in [-0.05, 0) is 68.6 Å². The number of primary amides is 1. The van der Waals surface area contributed by atoms with E-state index in [1.54, 1.807) is 60.7 Å². The lowest BCUT2D eigenvalue weighted by atomic mass is 9.84. The van der Waals surface area contributed by atoms with Crippen LogP contribution in [0.1, 0.15) is 93.0 Å². The molecule has 2 aromatic carbocycles. The van der Waals surface area contributed by atoms with Crippen LogP contribution in [0.5, 0.6) is 0 Å². The highest BCUT2D eigenvalue weighted by Crippen LogP contribution is 2.29. The van der Waals surface area contributed by atoms with Crippen LogP contribution in [0.2, 0.25) is 0 Å². The summed E-state index contributed by atoms with van der Waals surface area (Å²) in [5.41, 5.74) is 28.9. The monoisotopic (exact) mass is 1030 g/mol. The number of likely N-dealkylation sites (tertiary alicyclic amines) is 1. The highest BCUT2D eigenvalue weighted by Gasteiger charge is 2.38. The van der Waals surface area contributed by atoms with Gasteiger partial charge >= 0.3 is 0 Å². The molecule has 0 bridgehead atoms. The van der Waals surface area contributed by atoms with Crippen molar-refractivity contribution in [1.82, 2.24) is 36.8 Å². The van der Waals surface area contributed by atoms with Gasteiger partial charge in [0.1, 0.15) is 42.3 Å². The second kappa shape index (κ2) is 29.1. The molecule has 1 aliphatic carbocycles. The van der Waals surface area contributed by atoms with E-state index in [-0.39, 0.29) is 86.9 Å². The number of amides is 8. The maximum Gasteiger partial charge on any atom is 0.254 e. The molecular formula is C48H70N14O8S2. The second-order valence-corrected chi connectivity index (χ2v) is 20.7. The van der Waals surface area contributed by atoms with Crippen LogP contribution >= 0.6 is 21.6 Å². The first kappa shape index (κ1) is 56.4. The van der Waals surface area contributed by atoms with Crippen molar-refractivity contribution in [1.29, 1.82) is 0 Å².